The van der Waals surface area contributed by atoms with Crippen LogP contribution >= 0.6 is 0 Å². The molecule has 3 aromatic rings. The van der Waals surface area contributed by atoms with Gasteiger partial charge in [-0.25, -0.2) is 9.97 Å². The minimum atomic E-state index is -0.0912. The Labute approximate surface area is 109 Å². The van der Waals surface area contributed by atoms with Gasteiger partial charge in [-0.3, -0.25) is 4.79 Å². The third kappa shape index (κ3) is 2.33. The normalized spacial score (nSPS) is 10.7. The molecule has 0 fully saturated rings. The molecule has 3 aromatic heterocycles. The van der Waals surface area contributed by atoms with E-state index in [1.807, 2.05) is 6.07 Å². The Morgan fingerprint density at radius 2 is 2.26 bits per heavy atom. The summed E-state index contributed by atoms with van der Waals surface area (Å²) in [6.07, 6.45) is 7.51. The zero-order valence-electron chi connectivity index (χ0n) is 10.2. The molecule has 6 nitrogen and oxygen atoms in total. The zero-order chi connectivity index (χ0) is 13.1. The van der Waals surface area contributed by atoms with Crippen LogP contribution in [0.5, 0.6) is 0 Å². The summed E-state index contributed by atoms with van der Waals surface area (Å²) in [5, 5.41) is 3.73. The summed E-state index contributed by atoms with van der Waals surface area (Å²) in [4.78, 5) is 26.2. The van der Waals surface area contributed by atoms with E-state index < -0.39 is 0 Å². The van der Waals surface area contributed by atoms with Gasteiger partial charge in [0, 0.05) is 42.6 Å². The molecular formula is C13H13N5O. The van der Waals surface area contributed by atoms with E-state index in [4.69, 9.17) is 0 Å². The molecule has 3 heterocycles. The number of nitrogens with zero attached hydrogens (tertiary/aromatic N) is 2. The Morgan fingerprint density at radius 1 is 1.32 bits per heavy atom. The van der Waals surface area contributed by atoms with Crippen molar-refractivity contribution in [3.63, 3.8) is 0 Å². The zero-order valence-corrected chi connectivity index (χ0v) is 10.2. The summed E-state index contributed by atoms with van der Waals surface area (Å²) in [5.74, 6) is -0.0912. The van der Waals surface area contributed by atoms with Crippen LogP contribution in [0.25, 0.3) is 11.0 Å². The predicted molar refractivity (Wildman–Crippen MR) is 70.7 cm³/mol. The van der Waals surface area contributed by atoms with Crippen molar-refractivity contribution in [1.29, 1.82) is 0 Å². The molecule has 0 aliphatic carbocycles. The number of aromatic amines is 2. The Balaban J connectivity index is 1.68. The average molecular weight is 255 g/mol. The number of rotatable bonds is 4. The van der Waals surface area contributed by atoms with Crippen molar-refractivity contribution in [2.24, 2.45) is 0 Å². The van der Waals surface area contributed by atoms with Crippen molar-refractivity contribution >= 4 is 16.9 Å². The van der Waals surface area contributed by atoms with Crippen molar-refractivity contribution in [3.8, 4) is 0 Å². The van der Waals surface area contributed by atoms with E-state index >= 15 is 0 Å². The van der Waals surface area contributed by atoms with Crippen molar-refractivity contribution in [2.45, 2.75) is 6.42 Å². The standard InChI is InChI=1S/C13H13N5O/c19-13(17-4-1-9-7-14-8-18-9)11-3-6-16-12-10(11)2-5-15-12/h2-3,5-8H,1,4H2,(H,14,18)(H,15,16)(H,17,19). The predicted octanol–water partition coefficient (Wildman–Crippen LogP) is 1.26. The highest BCUT2D eigenvalue weighted by molar-refractivity contribution is 6.05. The first-order valence-electron chi connectivity index (χ1n) is 6.02. The molecule has 0 radical (unpaired) electrons. The van der Waals surface area contributed by atoms with Gasteiger partial charge in [0.15, 0.2) is 0 Å². The fourth-order valence-electron chi connectivity index (χ4n) is 1.99. The number of hydrogen-bond donors (Lipinski definition) is 3. The number of nitrogens with one attached hydrogen (secondary N) is 3. The molecule has 0 atom stereocenters. The van der Waals surface area contributed by atoms with Crippen LogP contribution in [0.4, 0.5) is 0 Å². The molecular weight excluding hydrogens is 242 g/mol. The van der Waals surface area contributed by atoms with Crippen LogP contribution in [0.15, 0.2) is 37.1 Å². The Kier molecular flexibility index (Phi) is 2.97. The quantitative estimate of drug-likeness (QED) is 0.656. The summed E-state index contributed by atoms with van der Waals surface area (Å²) in [6.45, 7) is 0.565. The second-order valence-corrected chi connectivity index (χ2v) is 4.18. The van der Waals surface area contributed by atoms with Crippen molar-refractivity contribution in [2.75, 3.05) is 6.54 Å². The number of pyridine rings is 1. The molecule has 0 spiro atoms. The summed E-state index contributed by atoms with van der Waals surface area (Å²) in [7, 11) is 0. The molecule has 0 unspecified atom stereocenters. The first kappa shape index (κ1) is 11.5. The summed E-state index contributed by atoms with van der Waals surface area (Å²) in [5.41, 5.74) is 2.36. The number of imidazole rings is 1. The number of amides is 1. The lowest BCUT2D eigenvalue weighted by atomic mass is 10.1. The third-order valence-electron chi connectivity index (χ3n) is 2.94. The van der Waals surface area contributed by atoms with E-state index in [-0.39, 0.29) is 5.91 Å². The average Bonchev–Trinajstić information content (AvgIpc) is 3.08. The number of carbonyl (C=O) groups excluding carboxylic acids is 1. The fourth-order valence-corrected chi connectivity index (χ4v) is 1.99. The Hall–Kier alpha value is -2.63. The Bertz CT molecular complexity index is 686. The van der Waals surface area contributed by atoms with Crippen LogP contribution in [-0.4, -0.2) is 32.4 Å². The maximum atomic E-state index is 12.1. The van der Waals surface area contributed by atoms with Crippen molar-refractivity contribution in [1.82, 2.24) is 25.3 Å². The van der Waals surface area contributed by atoms with Gasteiger partial charge in [0.25, 0.3) is 5.91 Å². The summed E-state index contributed by atoms with van der Waals surface area (Å²) in [6, 6.07) is 3.58. The molecule has 19 heavy (non-hydrogen) atoms. The van der Waals surface area contributed by atoms with Gasteiger partial charge in [0.1, 0.15) is 5.65 Å². The Morgan fingerprint density at radius 3 is 3.11 bits per heavy atom. The highest BCUT2D eigenvalue weighted by atomic mass is 16.1. The lowest BCUT2D eigenvalue weighted by molar-refractivity contribution is 0.0955. The lowest BCUT2D eigenvalue weighted by Crippen LogP contribution is -2.25. The second-order valence-electron chi connectivity index (χ2n) is 4.18. The molecule has 0 saturated heterocycles. The number of H-pyrrole nitrogens is 2. The van der Waals surface area contributed by atoms with E-state index in [1.165, 1.54) is 0 Å². The molecule has 0 aliphatic heterocycles. The molecule has 3 N–H and O–H groups in total. The van der Waals surface area contributed by atoms with Gasteiger partial charge in [-0.15, -0.1) is 0 Å². The molecule has 1 amide bonds. The van der Waals surface area contributed by atoms with Crippen molar-refractivity contribution < 1.29 is 4.79 Å². The lowest BCUT2D eigenvalue weighted by Gasteiger charge is -2.05. The summed E-state index contributed by atoms with van der Waals surface area (Å²) >= 11 is 0. The van der Waals surface area contributed by atoms with Gasteiger partial charge in [-0.2, -0.15) is 0 Å². The van der Waals surface area contributed by atoms with Gasteiger partial charge >= 0.3 is 0 Å². The van der Waals surface area contributed by atoms with Crippen LogP contribution < -0.4 is 5.32 Å². The molecule has 0 aromatic carbocycles. The van der Waals surface area contributed by atoms with Gasteiger partial charge in [0.05, 0.1) is 11.9 Å². The first-order valence-corrected chi connectivity index (χ1v) is 6.02. The molecule has 96 valence electrons. The summed E-state index contributed by atoms with van der Waals surface area (Å²) < 4.78 is 0. The maximum absolute atomic E-state index is 12.1. The number of hydrogen-bond acceptors (Lipinski definition) is 3. The number of fused-ring (bicyclic) bond motifs is 1. The van der Waals surface area contributed by atoms with E-state index in [0.29, 0.717) is 12.1 Å². The van der Waals surface area contributed by atoms with Crippen LogP contribution in [0.1, 0.15) is 16.1 Å². The van der Waals surface area contributed by atoms with E-state index in [2.05, 4.69) is 25.3 Å². The molecule has 0 aliphatic rings. The first-order chi connectivity index (χ1) is 9.34. The van der Waals surface area contributed by atoms with Crippen LogP contribution in [0.2, 0.25) is 0 Å². The monoisotopic (exact) mass is 255 g/mol. The minimum Gasteiger partial charge on any atom is -0.352 e. The van der Waals surface area contributed by atoms with Crippen LogP contribution in [-0.2, 0) is 6.42 Å². The molecule has 3 rings (SSSR count). The fraction of sp³-hybridized carbons (Fsp3) is 0.154. The van der Waals surface area contributed by atoms with Gasteiger partial charge < -0.3 is 15.3 Å². The molecule has 6 heteroatoms. The SMILES string of the molecule is O=C(NCCc1cnc[nH]1)c1ccnc2[nH]ccc12. The van der Waals surface area contributed by atoms with Crippen LogP contribution in [0, 0.1) is 0 Å². The molecule has 0 saturated carbocycles. The highest BCUT2D eigenvalue weighted by Gasteiger charge is 2.10. The van der Waals surface area contributed by atoms with Gasteiger partial charge in [-0.1, -0.05) is 0 Å². The maximum Gasteiger partial charge on any atom is 0.252 e. The highest BCUT2D eigenvalue weighted by Crippen LogP contribution is 2.14. The van der Waals surface area contributed by atoms with Gasteiger partial charge in [-0.05, 0) is 12.1 Å². The minimum absolute atomic E-state index is 0.0912. The van der Waals surface area contributed by atoms with E-state index in [9.17, 15) is 4.79 Å². The van der Waals surface area contributed by atoms with Crippen LogP contribution in [0.3, 0.4) is 0 Å². The van der Waals surface area contributed by atoms with E-state index in [1.54, 1.807) is 31.0 Å². The van der Waals surface area contributed by atoms with E-state index in [0.717, 1.165) is 23.1 Å². The number of aromatic nitrogens is 4. The third-order valence-corrected chi connectivity index (χ3v) is 2.94. The van der Waals surface area contributed by atoms with Gasteiger partial charge in [0.2, 0.25) is 0 Å². The topological polar surface area (TPSA) is 86.5 Å². The largest absolute Gasteiger partial charge is 0.352 e. The second kappa shape index (κ2) is 4.93. The number of carbonyl (C=O) groups is 1. The van der Waals surface area contributed by atoms with Crippen molar-refractivity contribution in [3.05, 3.63) is 48.3 Å². The molecule has 0 bridgehead atoms. The smallest absolute Gasteiger partial charge is 0.252 e.